The zero-order valence-corrected chi connectivity index (χ0v) is 18.8. The number of Topliss-reactive ketones (excluding diaryl/α,β-unsaturated/α-hetero) is 1. The molecule has 0 spiro atoms. The molecule has 174 valence electrons. The van der Waals surface area contributed by atoms with Crippen LogP contribution in [0.1, 0.15) is 70.4 Å². The number of benzene rings is 2. The van der Waals surface area contributed by atoms with Gasteiger partial charge in [0, 0.05) is 42.2 Å². The van der Waals surface area contributed by atoms with Crippen LogP contribution in [0.2, 0.25) is 0 Å². The molecule has 0 aliphatic carbocycles. The van der Waals surface area contributed by atoms with Gasteiger partial charge in [-0.1, -0.05) is 36.4 Å². The standard InChI is InChI=1S/C27H32N2O4/c30-23-14-21-9-10-22(15-23)29(21)27(33)18-7-5-17(6-8-18)25(31)11-12-26(32)24-13-19-3-1-2-4-20(19)16-28-24/h1-8,21-24,26,28,30,32H,9-16H2/t21?,22?,23?,24-,26+/m0/s1. The van der Waals surface area contributed by atoms with E-state index in [4.69, 9.17) is 0 Å². The Morgan fingerprint density at radius 3 is 2.30 bits per heavy atom. The number of amides is 1. The first-order valence-electron chi connectivity index (χ1n) is 12.1. The molecule has 2 saturated heterocycles. The first kappa shape index (κ1) is 22.3. The topological polar surface area (TPSA) is 89.9 Å². The van der Waals surface area contributed by atoms with E-state index in [1.165, 1.54) is 11.1 Å². The predicted octanol–water partition coefficient (Wildman–Crippen LogP) is 2.85. The minimum absolute atomic E-state index is 0.00697. The van der Waals surface area contributed by atoms with Crippen LogP contribution < -0.4 is 5.32 Å². The van der Waals surface area contributed by atoms with Crippen LogP contribution in [-0.2, 0) is 13.0 Å². The van der Waals surface area contributed by atoms with Gasteiger partial charge in [-0.3, -0.25) is 9.59 Å². The summed E-state index contributed by atoms with van der Waals surface area (Å²) in [6.45, 7) is 0.735. The fourth-order valence-electron chi connectivity index (χ4n) is 5.80. The first-order chi connectivity index (χ1) is 16.0. The summed E-state index contributed by atoms with van der Waals surface area (Å²) in [5, 5.41) is 24.0. The highest BCUT2D eigenvalue weighted by Gasteiger charge is 2.42. The molecule has 2 bridgehead atoms. The Bertz CT molecular complexity index is 1010. The molecule has 3 heterocycles. The summed E-state index contributed by atoms with van der Waals surface area (Å²) in [6, 6.07) is 15.3. The molecule has 3 aliphatic heterocycles. The minimum atomic E-state index is -0.590. The minimum Gasteiger partial charge on any atom is -0.393 e. The van der Waals surface area contributed by atoms with Crippen molar-refractivity contribution in [2.75, 3.05) is 0 Å². The van der Waals surface area contributed by atoms with E-state index in [2.05, 4.69) is 17.4 Å². The summed E-state index contributed by atoms with van der Waals surface area (Å²) >= 11 is 0. The maximum atomic E-state index is 13.0. The lowest BCUT2D eigenvalue weighted by atomic mass is 9.90. The van der Waals surface area contributed by atoms with Crippen LogP contribution in [0.25, 0.3) is 0 Å². The third-order valence-electron chi connectivity index (χ3n) is 7.64. The molecule has 0 aromatic heterocycles. The van der Waals surface area contributed by atoms with Crippen LogP contribution in [-0.4, -0.2) is 57.1 Å². The van der Waals surface area contributed by atoms with Crippen molar-refractivity contribution in [3.05, 3.63) is 70.8 Å². The van der Waals surface area contributed by atoms with Gasteiger partial charge in [-0.05, 0) is 61.8 Å². The number of aliphatic hydroxyl groups excluding tert-OH is 2. The molecule has 6 nitrogen and oxygen atoms in total. The van der Waals surface area contributed by atoms with Gasteiger partial charge < -0.3 is 20.4 Å². The Morgan fingerprint density at radius 2 is 1.61 bits per heavy atom. The van der Waals surface area contributed by atoms with Crippen LogP contribution in [0.15, 0.2) is 48.5 Å². The van der Waals surface area contributed by atoms with E-state index in [1.807, 2.05) is 17.0 Å². The number of carbonyl (C=O) groups is 2. The average Bonchev–Trinajstić information content (AvgIpc) is 3.12. The van der Waals surface area contributed by atoms with Crippen molar-refractivity contribution in [3.63, 3.8) is 0 Å². The maximum Gasteiger partial charge on any atom is 0.254 e. The van der Waals surface area contributed by atoms with Gasteiger partial charge in [0.2, 0.25) is 0 Å². The van der Waals surface area contributed by atoms with Gasteiger partial charge in [-0.25, -0.2) is 0 Å². The monoisotopic (exact) mass is 448 g/mol. The van der Waals surface area contributed by atoms with Crippen molar-refractivity contribution < 1.29 is 19.8 Å². The molecule has 2 aromatic carbocycles. The number of nitrogens with zero attached hydrogens (tertiary/aromatic N) is 1. The summed E-state index contributed by atoms with van der Waals surface area (Å²) < 4.78 is 0. The second-order valence-corrected chi connectivity index (χ2v) is 9.79. The summed E-state index contributed by atoms with van der Waals surface area (Å²) in [6.07, 6.45) is 3.75. The lowest BCUT2D eigenvalue weighted by molar-refractivity contribution is 0.0286. The third kappa shape index (κ3) is 4.60. The van der Waals surface area contributed by atoms with Crippen molar-refractivity contribution in [1.82, 2.24) is 10.2 Å². The van der Waals surface area contributed by atoms with E-state index < -0.39 is 6.10 Å². The number of nitrogens with one attached hydrogen (secondary N) is 1. The van der Waals surface area contributed by atoms with Gasteiger partial charge >= 0.3 is 0 Å². The Balaban J connectivity index is 1.15. The van der Waals surface area contributed by atoms with E-state index in [9.17, 15) is 19.8 Å². The summed E-state index contributed by atoms with van der Waals surface area (Å²) in [4.78, 5) is 27.7. The summed E-state index contributed by atoms with van der Waals surface area (Å²) in [5.74, 6) is -0.0297. The number of aliphatic hydroxyl groups is 2. The smallest absolute Gasteiger partial charge is 0.254 e. The molecule has 4 atom stereocenters. The molecule has 2 aromatic rings. The molecule has 2 fully saturated rings. The van der Waals surface area contributed by atoms with Crippen LogP contribution in [0.5, 0.6) is 0 Å². The van der Waals surface area contributed by atoms with Crippen molar-refractivity contribution >= 4 is 11.7 Å². The molecule has 2 unspecified atom stereocenters. The summed E-state index contributed by atoms with van der Waals surface area (Å²) in [5.41, 5.74) is 3.67. The second-order valence-electron chi connectivity index (χ2n) is 9.79. The molecule has 1 amide bonds. The number of hydrogen-bond acceptors (Lipinski definition) is 5. The van der Waals surface area contributed by atoms with Crippen molar-refractivity contribution in [3.8, 4) is 0 Å². The summed E-state index contributed by atoms with van der Waals surface area (Å²) in [7, 11) is 0. The molecule has 5 rings (SSSR count). The van der Waals surface area contributed by atoms with Crippen LogP contribution in [0.3, 0.4) is 0 Å². The van der Waals surface area contributed by atoms with Gasteiger partial charge in [0.25, 0.3) is 5.91 Å². The number of fused-ring (bicyclic) bond motifs is 3. The van der Waals surface area contributed by atoms with Gasteiger partial charge in [-0.15, -0.1) is 0 Å². The molecule has 0 radical (unpaired) electrons. The largest absolute Gasteiger partial charge is 0.393 e. The molecule has 0 saturated carbocycles. The van der Waals surface area contributed by atoms with Gasteiger partial charge in [-0.2, -0.15) is 0 Å². The highest BCUT2D eigenvalue weighted by atomic mass is 16.3. The Labute approximate surface area is 194 Å². The van der Waals surface area contributed by atoms with Crippen LogP contribution in [0.4, 0.5) is 0 Å². The number of rotatable bonds is 6. The van der Waals surface area contributed by atoms with Crippen molar-refractivity contribution in [2.24, 2.45) is 0 Å². The van der Waals surface area contributed by atoms with Gasteiger partial charge in [0.1, 0.15) is 0 Å². The second kappa shape index (κ2) is 9.37. The zero-order chi connectivity index (χ0) is 22.9. The Hall–Kier alpha value is -2.54. The highest BCUT2D eigenvalue weighted by Crippen LogP contribution is 2.36. The Morgan fingerprint density at radius 1 is 0.970 bits per heavy atom. The van der Waals surface area contributed by atoms with E-state index in [-0.39, 0.29) is 42.3 Å². The number of piperidine rings is 1. The van der Waals surface area contributed by atoms with E-state index in [0.717, 1.165) is 25.8 Å². The first-order valence-corrected chi connectivity index (χ1v) is 12.1. The lowest BCUT2D eigenvalue weighted by Gasteiger charge is -2.37. The fraction of sp³-hybridized carbons (Fsp3) is 0.481. The lowest BCUT2D eigenvalue weighted by Crippen LogP contribution is -2.48. The molecule has 3 aliphatic rings. The van der Waals surface area contributed by atoms with E-state index in [0.29, 0.717) is 30.4 Å². The predicted molar refractivity (Wildman–Crippen MR) is 125 cm³/mol. The zero-order valence-electron chi connectivity index (χ0n) is 18.8. The average molecular weight is 449 g/mol. The number of carbonyl (C=O) groups excluding carboxylic acids is 2. The van der Waals surface area contributed by atoms with Gasteiger partial charge in [0.05, 0.1) is 12.2 Å². The normalized spacial score (nSPS) is 27.2. The SMILES string of the molecule is O=C(CC[C@@H](O)[C@@H]1Cc2ccccc2CN1)c1ccc(C(=O)N2C3CCC2CC(O)C3)cc1. The van der Waals surface area contributed by atoms with Crippen molar-refractivity contribution in [1.29, 1.82) is 0 Å². The number of hydrogen-bond donors (Lipinski definition) is 3. The quantitative estimate of drug-likeness (QED) is 0.592. The van der Waals surface area contributed by atoms with E-state index in [1.54, 1.807) is 24.3 Å². The number of ketones is 1. The van der Waals surface area contributed by atoms with E-state index >= 15 is 0 Å². The molecule has 6 heteroatoms. The fourth-order valence-corrected chi connectivity index (χ4v) is 5.80. The molecular weight excluding hydrogens is 416 g/mol. The van der Waals surface area contributed by atoms with Crippen molar-refractivity contribution in [2.45, 2.75) is 81.8 Å². The molecule has 33 heavy (non-hydrogen) atoms. The Kier molecular flexibility index (Phi) is 6.32. The highest BCUT2D eigenvalue weighted by molar-refractivity contribution is 5.99. The third-order valence-corrected chi connectivity index (χ3v) is 7.64. The molecule has 3 N–H and O–H groups in total. The maximum absolute atomic E-state index is 13.0. The van der Waals surface area contributed by atoms with Gasteiger partial charge in [0.15, 0.2) is 5.78 Å². The molecular formula is C27H32N2O4. The van der Waals surface area contributed by atoms with Crippen LogP contribution >= 0.6 is 0 Å². The van der Waals surface area contributed by atoms with Crippen LogP contribution in [0, 0.1) is 0 Å².